The van der Waals surface area contributed by atoms with Gasteiger partial charge in [0.1, 0.15) is 73.2 Å². The van der Waals surface area contributed by atoms with Crippen LogP contribution in [0.4, 0.5) is 0 Å². The summed E-state index contributed by atoms with van der Waals surface area (Å²) in [5, 5.41) is 307. The van der Waals surface area contributed by atoms with Crippen LogP contribution in [0.25, 0.3) is 0 Å². The Morgan fingerprint density at radius 2 is 0.625 bits per heavy atom. The predicted octanol–water partition coefficient (Wildman–Crippen LogP) is 4.29. The first-order valence-electron chi connectivity index (χ1n) is 43.0. The van der Waals surface area contributed by atoms with Crippen LogP contribution < -0.4 is 0 Å². The fourth-order valence-electron chi connectivity index (χ4n) is 15.4. The van der Waals surface area contributed by atoms with Gasteiger partial charge in [-0.05, 0) is 61.1 Å². The summed E-state index contributed by atoms with van der Waals surface area (Å²) >= 11 is 0. The number of hydrogen-bond acceptors (Lipinski definition) is 36. The molecule has 28 N–H and O–H groups in total. The number of hydrogen-bond donors (Lipinski definition) is 28. The summed E-state index contributed by atoms with van der Waals surface area (Å²) < 4.78 is 49.5. The van der Waals surface area contributed by atoms with E-state index in [2.05, 4.69) is 13.8 Å². The van der Waals surface area contributed by atoms with E-state index in [4.69, 9.17) is 37.9 Å². The molecule has 2 aliphatic heterocycles. The zero-order valence-corrected chi connectivity index (χ0v) is 70.6. The van der Waals surface area contributed by atoms with Crippen molar-refractivity contribution in [2.24, 2.45) is 16.2 Å². The summed E-state index contributed by atoms with van der Waals surface area (Å²) in [6.07, 6.45) is -22.8. The number of aliphatic hydroxyl groups is 28. The summed E-state index contributed by atoms with van der Waals surface area (Å²) in [6, 6.07) is 5.17. The molecule has 0 saturated carbocycles. The average molecular weight is 1740 g/mol. The van der Waals surface area contributed by atoms with Crippen molar-refractivity contribution in [2.45, 2.75) is 350 Å². The molecule has 9 unspecified atom stereocenters. The van der Waals surface area contributed by atoms with Crippen molar-refractivity contribution in [3.05, 3.63) is 81.0 Å². The Labute approximate surface area is 704 Å². The van der Waals surface area contributed by atoms with Gasteiger partial charge in [-0.25, -0.2) is 0 Å². The largest absolute Gasteiger partial charge is 0.506 e. The minimum Gasteiger partial charge on any atom is -0.506 e. The van der Waals surface area contributed by atoms with Gasteiger partial charge >= 0.3 is 0 Å². The van der Waals surface area contributed by atoms with Crippen LogP contribution in [-0.2, 0) is 50.7 Å². The molecule has 36 heteroatoms. The van der Waals surface area contributed by atoms with Crippen LogP contribution in [0.2, 0.25) is 0 Å². The van der Waals surface area contributed by atoms with Crippen molar-refractivity contribution in [1.82, 2.24) is 0 Å². The molecule has 1 aromatic rings. The first-order chi connectivity index (χ1) is 57.2. The first-order valence-corrected chi connectivity index (χ1v) is 43.0. The first kappa shape index (κ1) is 110. The summed E-state index contributed by atoms with van der Waals surface area (Å²) in [6.45, 7) is -0.650. The monoisotopic (exact) mass is 1730 g/mol. The fraction of sp³-hybridized carbons (Fsp3) is 0.833. The lowest BCUT2D eigenvalue weighted by Gasteiger charge is -2.44. The maximum Gasteiger partial charge on any atom is 0.217 e. The lowest BCUT2D eigenvalue weighted by molar-refractivity contribution is -0.318. The highest BCUT2D eigenvalue weighted by Crippen LogP contribution is 2.48. The van der Waals surface area contributed by atoms with Crippen LogP contribution in [-0.4, -0.2) is 333 Å². The van der Waals surface area contributed by atoms with Gasteiger partial charge in [0.05, 0.1) is 52.9 Å². The summed E-state index contributed by atoms with van der Waals surface area (Å²) in [5.41, 5.74) is -4.07. The number of aliphatic hydroxyl groups excluding tert-OH is 28. The zero-order chi connectivity index (χ0) is 89.7. The topological polar surface area (TPSA) is 640 Å². The van der Waals surface area contributed by atoms with Crippen LogP contribution in [0.1, 0.15) is 243 Å². The Morgan fingerprint density at radius 1 is 0.325 bits per heavy atom. The molecule has 0 aromatic heterocycles. The number of unbranched alkanes of at least 4 members (excludes halogenated alkanes) is 18. The Kier molecular flexibility index (Phi) is 53.6. The highest BCUT2D eigenvalue weighted by molar-refractivity contribution is 5.36. The third kappa shape index (κ3) is 35.7. The molecule has 2 heterocycles. The van der Waals surface area contributed by atoms with E-state index in [0.717, 1.165) is 77.0 Å². The molecule has 0 radical (unpaired) electrons. The molecule has 120 heavy (non-hydrogen) atoms. The van der Waals surface area contributed by atoms with E-state index in [-0.39, 0.29) is 56.9 Å². The van der Waals surface area contributed by atoms with Gasteiger partial charge in [-0.3, -0.25) is 0 Å². The summed E-state index contributed by atoms with van der Waals surface area (Å²) in [7, 11) is 0. The zero-order valence-electron chi connectivity index (χ0n) is 70.6. The SMILES string of the molecule is CCCCCCCCCCC(CO[C@H](O)/C(O)=C(/O)[C@H](O)CCO)(CO[C@H](O)/C(O)=C(\O)[C@H](O)CCO)Cc1cc(CC(CCC)(CO[C@@H]2OC(CO)[C@@H](O)C(O)C2O)CO[C@@H]2OC(CO)[C@@H](O)C(O)C2O)cc(C(CCCCCCC)C(CCCCCCCCCC)(CO[C@H](O)/C(O)=C(/O)[C@H](O)CCO)CO[C@H](O)/C(O)=C(\O)[C@H](O)CCO)c1. The number of ether oxygens (including phenoxy) is 8. The molecule has 0 bridgehead atoms. The van der Waals surface area contributed by atoms with E-state index in [0.29, 0.717) is 62.5 Å². The second kappa shape index (κ2) is 58.7. The third-order valence-corrected chi connectivity index (χ3v) is 22.7. The predicted molar refractivity (Wildman–Crippen MR) is 434 cm³/mol. The van der Waals surface area contributed by atoms with E-state index in [1.807, 2.05) is 6.92 Å². The highest BCUT2D eigenvalue weighted by Gasteiger charge is 2.49. The Balaban J connectivity index is 2.93. The molecular formula is C84H150O36. The molecule has 2 saturated heterocycles. The molecule has 21 atom stereocenters. The molecule has 0 amide bonds. The molecule has 2 aliphatic rings. The molecule has 1 aromatic carbocycles. The lowest BCUT2D eigenvalue weighted by Crippen LogP contribution is -2.60. The van der Waals surface area contributed by atoms with Gasteiger partial charge in [0, 0.05) is 68.4 Å². The van der Waals surface area contributed by atoms with Crippen molar-refractivity contribution >= 4 is 0 Å². The molecule has 2 fully saturated rings. The fourth-order valence-corrected chi connectivity index (χ4v) is 15.4. The van der Waals surface area contributed by atoms with Gasteiger partial charge in [-0.2, -0.15) is 0 Å². The van der Waals surface area contributed by atoms with Crippen molar-refractivity contribution in [2.75, 3.05) is 79.3 Å². The third-order valence-electron chi connectivity index (χ3n) is 22.7. The van der Waals surface area contributed by atoms with Crippen molar-refractivity contribution in [3.8, 4) is 0 Å². The van der Waals surface area contributed by atoms with Crippen molar-refractivity contribution in [3.63, 3.8) is 0 Å². The van der Waals surface area contributed by atoms with Gasteiger partial charge in [0.2, 0.25) is 25.2 Å². The molecule has 36 nitrogen and oxygen atoms in total. The molecule has 3 rings (SSSR count). The van der Waals surface area contributed by atoms with Crippen LogP contribution in [0.5, 0.6) is 0 Å². The van der Waals surface area contributed by atoms with Gasteiger partial charge in [-0.1, -0.05) is 187 Å². The number of rotatable bonds is 68. The van der Waals surface area contributed by atoms with Crippen LogP contribution >= 0.6 is 0 Å². The van der Waals surface area contributed by atoms with Gasteiger partial charge in [0.25, 0.3) is 0 Å². The van der Waals surface area contributed by atoms with Gasteiger partial charge < -0.3 is 181 Å². The van der Waals surface area contributed by atoms with Crippen LogP contribution in [0.15, 0.2) is 64.3 Å². The minimum atomic E-state index is -2.48. The number of benzene rings is 1. The Bertz CT molecular complexity index is 2900. The molecule has 0 spiro atoms. The Morgan fingerprint density at radius 3 is 0.942 bits per heavy atom. The van der Waals surface area contributed by atoms with E-state index >= 15 is 0 Å². The molecule has 0 aliphatic carbocycles. The molecular weight excluding hydrogens is 1580 g/mol. The average Bonchev–Trinajstić information content (AvgIpc) is 0.777. The van der Waals surface area contributed by atoms with Gasteiger partial charge in [-0.15, -0.1) is 0 Å². The van der Waals surface area contributed by atoms with E-state index in [1.165, 1.54) is 0 Å². The van der Waals surface area contributed by atoms with Gasteiger partial charge in [0.15, 0.2) is 58.7 Å². The van der Waals surface area contributed by atoms with Crippen LogP contribution in [0, 0.1) is 16.2 Å². The summed E-state index contributed by atoms with van der Waals surface area (Å²) in [5.74, 6) is -10.9. The Hall–Kier alpha value is -4.54. The quantitative estimate of drug-likeness (QED) is 0.0246. The van der Waals surface area contributed by atoms with E-state index < -0.39 is 284 Å². The second-order valence-corrected chi connectivity index (χ2v) is 32.6. The normalized spacial score (nSPS) is 24.6. The van der Waals surface area contributed by atoms with E-state index in [1.54, 1.807) is 25.1 Å². The standard InChI is InChI=1S/C84H150O36/c1-5-9-12-15-17-19-22-25-33-83(46-113-76(109)70(103)62(95)56(91)28-35-85,47-114-77(110)71(104)63(96)57(92)29-36-86)43-53-39-52(42-82(32-8-4,48-117-80-74(107)68(101)66(99)60(44-89)119-80)49-118-81-75(108)69(102)67(100)61(45-90)120-81)40-54(41-53)55(27-24-21-14-11-7-3)84(34-26-23-20-18-16-13-10-6-2,50-115-78(111)72(105)64(97)58(93)30-37-87)51-116-79(112)73(106)65(98)59(94)31-38-88/h39-41,55-61,66-69,74-81,85-112H,5-38,42-51H2,1-4H3/b70-62-,71-63+,72-64-,73-65+/t55?,56-,57-,58-,59-,60?,61?,66-,67-,68?,69?,74?,75?,76+,77+,78+,79+,80-,81-,82?,83?,84?/m1/s1. The maximum absolute atomic E-state index is 11.9. The van der Waals surface area contributed by atoms with Crippen molar-refractivity contribution in [1.29, 1.82) is 0 Å². The molecule has 702 valence electrons. The van der Waals surface area contributed by atoms with Crippen LogP contribution in [0.3, 0.4) is 0 Å². The maximum atomic E-state index is 11.9. The summed E-state index contributed by atoms with van der Waals surface area (Å²) in [4.78, 5) is 0. The lowest BCUT2D eigenvalue weighted by atomic mass is 9.66. The smallest absolute Gasteiger partial charge is 0.217 e. The second-order valence-electron chi connectivity index (χ2n) is 32.6. The van der Waals surface area contributed by atoms with Crippen molar-refractivity contribution < 1.29 is 181 Å². The highest BCUT2D eigenvalue weighted by atomic mass is 16.7. The van der Waals surface area contributed by atoms with E-state index in [9.17, 15) is 143 Å². The minimum absolute atomic E-state index is 0.0129.